The molecule has 0 saturated heterocycles. The van der Waals surface area contributed by atoms with Gasteiger partial charge in [0.2, 0.25) is 0 Å². The van der Waals surface area contributed by atoms with Crippen molar-refractivity contribution in [2.24, 2.45) is 0 Å². The molecule has 0 saturated carbocycles. The number of rotatable bonds is 5. The molecule has 0 fully saturated rings. The van der Waals surface area contributed by atoms with E-state index in [0.717, 1.165) is 35.0 Å². The van der Waals surface area contributed by atoms with Crippen molar-refractivity contribution in [2.45, 2.75) is 12.8 Å². The van der Waals surface area contributed by atoms with Gasteiger partial charge < -0.3 is 4.42 Å². The van der Waals surface area contributed by atoms with Gasteiger partial charge in [0.15, 0.2) is 0 Å². The predicted molar refractivity (Wildman–Crippen MR) is 268 cm³/mol. The van der Waals surface area contributed by atoms with E-state index in [0.29, 0.717) is 0 Å². The average Bonchev–Trinajstić information content (AvgIpc) is 3.74. The molecule has 0 amide bonds. The molecule has 294 valence electrons. The van der Waals surface area contributed by atoms with Gasteiger partial charge in [-0.25, -0.2) is 0 Å². The van der Waals surface area contributed by atoms with Crippen molar-refractivity contribution in [1.82, 2.24) is 0 Å². The standard InChI is InChI=1S/C62H40O/c1-4-16-48-39(11-1)14-9-21-50(48)42-23-27-44(28-24-42)60-53-19-7-8-20-54(53)61(45-29-25-43(26-30-45)51-22-10-15-40-12-2-5-17-49(40)51)56-37-46(31-34-55(56)60)47-33-35-58-57(38-47)62-52-18-6-3-13-41(52)32-36-59(62)63-58/h1,3-11,13-38H,2,12H2. The minimum absolute atomic E-state index is 0.905. The maximum atomic E-state index is 6.44. The van der Waals surface area contributed by atoms with E-state index >= 15 is 0 Å². The smallest absolute Gasteiger partial charge is 0.136 e. The molecular weight excluding hydrogens is 761 g/mol. The number of furan rings is 1. The molecule has 12 aromatic rings. The summed E-state index contributed by atoms with van der Waals surface area (Å²) in [5.41, 5.74) is 16.9. The van der Waals surface area contributed by atoms with Gasteiger partial charge in [-0.05, 0) is 147 Å². The average molecular weight is 801 g/mol. The highest BCUT2D eigenvalue weighted by atomic mass is 16.3. The van der Waals surface area contributed by atoms with Gasteiger partial charge in [-0.1, -0.05) is 194 Å². The molecule has 11 aromatic carbocycles. The summed E-state index contributed by atoms with van der Waals surface area (Å²) in [6, 6.07) is 76.2. The number of benzene rings is 11. The van der Waals surface area contributed by atoms with Gasteiger partial charge in [-0.2, -0.15) is 0 Å². The molecule has 0 unspecified atom stereocenters. The molecule has 0 spiro atoms. The Bertz CT molecular complexity index is 3820. The third-order valence-corrected chi connectivity index (χ3v) is 13.5. The van der Waals surface area contributed by atoms with Crippen LogP contribution in [0.5, 0.6) is 0 Å². The third kappa shape index (κ3) is 5.78. The van der Waals surface area contributed by atoms with E-state index in [9.17, 15) is 0 Å². The lowest BCUT2D eigenvalue weighted by atomic mass is 9.84. The fraction of sp³-hybridized carbons (Fsp3) is 0.0323. The largest absolute Gasteiger partial charge is 0.456 e. The molecule has 0 radical (unpaired) electrons. The molecule has 0 N–H and O–H groups in total. The first-order chi connectivity index (χ1) is 31.2. The monoisotopic (exact) mass is 800 g/mol. The van der Waals surface area contributed by atoms with E-state index in [4.69, 9.17) is 4.42 Å². The summed E-state index contributed by atoms with van der Waals surface area (Å²) >= 11 is 0. The molecule has 0 atom stereocenters. The lowest BCUT2D eigenvalue weighted by Crippen LogP contribution is -1.96. The highest BCUT2D eigenvalue weighted by Gasteiger charge is 2.20. The number of hydrogen-bond acceptors (Lipinski definition) is 1. The summed E-state index contributed by atoms with van der Waals surface area (Å²) in [4.78, 5) is 0. The van der Waals surface area contributed by atoms with Crippen LogP contribution in [0.2, 0.25) is 0 Å². The van der Waals surface area contributed by atoms with Crippen LogP contribution >= 0.6 is 0 Å². The van der Waals surface area contributed by atoms with Crippen molar-refractivity contribution in [3.8, 4) is 55.6 Å². The summed E-state index contributed by atoms with van der Waals surface area (Å²) in [6.07, 6.45) is 6.82. The zero-order chi connectivity index (χ0) is 41.4. The zero-order valence-corrected chi connectivity index (χ0v) is 34.6. The van der Waals surface area contributed by atoms with Gasteiger partial charge in [-0.3, -0.25) is 0 Å². The fourth-order valence-electron chi connectivity index (χ4n) is 10.5. The quantitative estimate of drug-likeness (QED) is 0.158. The van der Waals surface area contributed by atoms with E-state index in [1.54, 1.807) is 0 Å². The minimum atomic E-state index is 0.905. The predicted octanol–water partition coefficient (Wildman–Crippen LogP) is 17.5. The summed E-state index contributed by atoms with van der Waals surface area (Å²) < 4.78 is 6.44. The number of aryl methyl sites for hydroxylation is 1. The van der Waals surface area contributed by atoms with E-state index in [2.05, 4.69) is 218 Å². The first kappa shape index (κ1) is 35.7. The molecular formula is C62H40O. The number of allylic oxidation sites excluding steroid dienone is 1. The first-order valence-electron chi connectivity index (χ1n) is 22.0. The highest BCUT2D eigenvalue weighted by molar-refractivity contribution is 6.23. The molecule has 13 rings (SSSR count). The Morgan fingerprint density at radius 1 is 0.333 bits per heavy atom. The molecule has 1 nitrogen and oxygen atoms in total. The van der Waals surface area contributed by atoms with Crippen molar-refractivity contribution < 1.29 is 4.42 Å². The Morgan fingerprint density at radius 3 is 1.62 bits per heavy atom. The van der Waals surface area contributed by atoms with Crippen LogP contribution in [0.4, 0.5) is 0 Å². The van der Waals surface area contributed by atoms with Crippen molar-refractivity contribution in [1.29, 1.82) is 0 Å². The van der Waals surface area contributed by atoms with Gasteiger partial charge in [0.05, 0.1) is 0 Å². The second-order valence-corrected chi connectivity index (χ2v) is 17.0. The molecule has 1 aliphatic rings. The second-order valence-electron chi connectivity index (χ2n) is 17.0. The molecule has 63 heavy (non-hydrogen) atoms. The summed E-state index contributed by atoms with van der Waals surface area (Å²) in [5.74, 6) is 0. The van der Waals surface area contributed by atoms with Crippen LogP contribution in [0, 0.1) is 0 Å². The van der Waals surface area contributed by atoms with Gasteiger partial charge in [-0.15, -0.1) is 0 Å². The van der Waals surface area contributed by atoms with Crippen LogP contribution in [0.15, 0.2) is 217 Å². The maximum absolute atomic E-state index is 6.44. The van der Waals surface area contributed by atoms with E-state index in [1.807, 2.05) is 0 Å². The lowest BCUT2D eigenvalue weighted by molar-refractivity contribution is 0.669. The van der Waals surface area contributed by atoms with Crippen molar-refractivity contribution >= 4 is 71.1 Å². The highest BCUT2D eigenvalue weighted by Crippen LogP contribution is 2.46. The SMILES string of the molecule is C1=Cc2c(cccc2-c2ccc(-c3c4ccccc4c(-c4ccc(-c5cccc6ccccc56)cc4)c4ccc(-c5ccc6oc7ccc8ccccc8c7c6c5)cc34)cc2)CC1. The van der Waals surface area contributed by atoms with Crippen molar-refractivity contribution in [3.63, 3.8) is 0 Å². The Morgan fingerprint density at radius 2 is 0.857 bits per heavy atom. The zero-order valence-electron chi connectivity index (χ0n) is 34.6. The Kier molecular flexibility index (Phi) is 8.11. The Hall–Kier alpha value is -8.00. The van der Waals surface area contributed by atoms with Crippen molar-refractivity contribution in [2.75, 3.05) is 0 Å². The number of fused-ring (bicyclic) bond motifs is 9. The van der Waals surface area contributed by atoms with E-state index < -0.39 is 0 Å². The van der Waals surface area contributed by atoms with Gasteiger partial charge in [0.25, 0.3) is 0 Å². The van der Waals surface area contributed by atoms with E-state index in [-0.39, 0.29) is 0 Å². The normalized spacial score (nSPS) is 12.6. The van der Waals surface area contributed by atoms with Crippen LogP contribution in [0.25, 0.3) is 127 Å². The molecule has 0 aliphatic heterocycles. The van der Waals surface area contributed by atoms with E-state index in [1.165, 1.54) is 110 Å². The topological polar surface area (TPSA) is 13.1 Å². The van der Waals surface area contributed by atoms with Gasteiger partial charge in [0.1, 0.15) is 11.2 Å². The first-order valence-corrected chi connectivity index (χ1v) is 22.0. The van der Waals surface area contributed by atoms with Crippen LogP contribution in [0.3, 0.4) is 0 Å². The summed E-state index contributed by atoms with van der Waals surface area (Å²) in [7, 11) is 0. The second kappa shape index (κ2) is 14.3. The van der Waals surface area contributed by atoms with Gasteiger partial charge in [0, 0.05) is 10.8 Å². The number of hydrogen-bond donors (Lipinski definition) is 0. The Labute approximate surface area is 365 Å². The van der Waals surface area contributed by atoms with Crippen molar-refractivity contribution in [3.05, 3.63) is 223 Å². The lowest BCUT2D eigenvalue weighted by Gasteiger charge is -2.20. The van der Waals surface area contributed by atoms with Gasteiger partial charge >= 0.3 is 0 Å². The molecule has 0 bridgehead atoms. The maximum Gasteiger partial charge on any atom is 0.136 e. The molecule has 1 aliphatic carbocycles. The molecule has 1 heteroatoms. The van der Waals surface area contributed by atoms with Crippen LogP contribution in [-0.4, -0.2) is 0 Å². The minimum Gasteiger partial charge on any atom is -0.456 e. The van der Waals surface area contributed by atoms with Crippen LogP contribution in [0.1, 0.15) is 17.5 Å². The van der Waals surface area contributed by atoms with Crippen LogP contribution in [-0.2, 0) is 6.42 Å². The Balaban J connectivity index is 1.03. The molecule has 1 aromatic heterocycles. The summed E-state index contributed by atoms with van der Waals surface area (Å²) in [5, 5.41) is 12.2. The molecule has 1 heterocycles. The summed E-state index contributed by atoms with van der Waals surface area (Å²) in [6.45, 7) is 0. The third-order valence-electron chi connectivity index (χ3n) is 13.5. The fourth-order valence-corrected chi connectivity index (χ4v) is 10.5. The van der Waals surface area contributed by atoms with Crippen LogP contribution < -0.4 is 0 Å².